The zero-order valence-electron chi connectivity index (χ0n) is 22.9. The van der Waals surface area contributed by atoms with Crippen molar-refractivity contribution >= 4 is 17.5 Å². The van der Waals surface area contributed by atoms with Crippen molar-refractivity contribution in [2.45, 2.75) is 12.5 Å². The predicted octanol–water partition coefficient (Wildman–Crippen LogP) is 4.32. The standard InChI is InChI=1S/C30H32FN3O6/c1-37-16-15-33(30(36)21-7-11-23(38-2)12-8-21)19-29(35)34-27(20-5-9-22(31)10-6-20)18-26(32-34)25-14-13-24(39-3)17-28(25)40-4/h5-14,17,27H,15-16,18-19H2,1-4H3/t27-/m0/s1. The Hall–Kier alpha value is -4.44. The molecule has 0 aliphatic carbocycles. The van der Waals surface area contributed by atoms with Gasteiger partial charge in [0.1, 0.15) is 29.6 Å². The van der Waals surface area contributed by atoms with Crippen molar-refractivity contribution in [1.29, 1.82) is 0 Å². The van der Waals surface area contributed by atoms with Gasteiger partial charge >= 0.3 is 0 Å². The molecule has 0 spiro atoms. The smallest absolute Gasteiger partial charge is 0.262 e. The lowest BCUT2D eigenvalue weighted by atomic mass is 9.97. The van der Waals surface area contributed by atoms with E-state index in [9.17, 15) is 14.0 Å². The lowest BCUT2D eigenvalue weighted by Gasteiger charge is -2.27. The molecule has 9 nitrogen and oxygen atoms in total. The maximum absolute atomic E-state index is 13.8. The molecule has 1 heterocycles. The first-order valence-corrected chi connectivity index (χ1v) is 12.7. The van der Waals surface area contributed by atoms with Crippen LogP contribution in [0.5, 0.6) is 17.2 Å². The third-order valence-corrected chi connectivity index (χ3v) is 6.66. The number of hydrazone groups is 1. The molecule has 4 rings (SSSR count). The fourth-order valence-electron chi connectivity index (χ4n) is 4.49. The summed E-state index contributed by atoms with van der Waals surface area (Å²) in [6.07, 6.45) is 0.366. The van der Waals surface area contributed by atoms with Crippen LogP contribution in [0.3, 0.4) is 0 Å². The van der Waals surface area contributed by atoms with Gasteiger partial charge in [-0.2, -0.15) is 5.10 Å². The van der Waals surface area contributed by atoms with Gasteiger partial charge in [0, 0.05) is 37.3 Å². The highest BCUT2D eigenvalue weighted by Crippen LogP contribution is 2.36. The van der Waals surface area contributed by atoms with Gasteiger partial charge in [0.25, 0.3) is 11.8 Å². The van der Waals surface area contributed by atoms with Crippen molar-refractivity contribution in [3.63, 3.8) is 0 Å². The minimum absolute atomic E-state index is 0.199. The number of methoxy groups -OCH3 is 4. The number of hydrogen-bond acceptors (Lipinski definition) is 7. The molecule has 0 aromatic heterocycles. The van der Waals surface area contributed by atoms with E-state index >= 15 is 0 Å². The van der Waals surface area contributed by atoms with Gasteiger partial charge in [0.05, 0.1) is 39.7 Å². The number of rotatable bonds is 11. The van der Waals surface area contributed by atoms with E-state index in [4.69, 9.17) is 24.0 Å². The van der Waals surface area contributed by atoms with Gasteiger partial charge in [0.15, 0.2) is 0 Å². The third-order valence-electron chi connectivity index (χ3n) is 6.66. The number of nitrogens with zero attached hydrogens (tertiary/aromatic N) is 3. The quantitative estimate of drug-likeness (QED) is 0.354. The number of benzene rings is 3. The summed E-state index contributed by atoms with van der Waals surface area (Å²) in [6, 6.07) is 17.5. The highest BCUT2D eigenvalue weighted by Gasteiger charge is 2.35. The summed E-state index contributed by atoms with van der Waals surface area (Å²) in [5, 5.41) is 6.06. The van der Waals surface area contributed by atoms with Crippen LogP contribution in [-0.2, 0) is 9.53 Å². The first-order chi connectivity index (χ1) is 19.4. The number of amides is 2. The van der Waals surface area contributed by atoms with Gasteiger partial charge in [0.2, 0.25) is 0 Å². The Balaban J connectivity index is 1.66. The van der Waals surface area contributed by atoms with Gasteiger partial charge in [-0.3, -0.25) is 9.59 Å². The molecule has 0 saturated heterocycles. The first kappa shape index (κ1) is 28.6. The van der Waals surface area contributed by atoms with Crippen molar-refractivity contribution in [2.75, 3.05) is 48.1 Å². The SMILES string of the molecule is COCCN(CC(=O)N1N=C(c2ccc(OC)cc2OC)C[C@H]1c1ccc(F)cc1)C(=O)c1ccc(OC)cc1. The van der Waals surface area contributed by atoms with Crippen LogP contribution in [0, 0.1) is 5.82 Å². The Morgan fingerprint density at radius 2 is 1.60 bits per heavy atom. The average molecular weight is 550 g/mol. The summed E-state index contributed by atoms with van der Waals surface area (Å²) in [4.78, 5) is 28.6. The molecule has 0 fully saturated rings. The molecule has 3 aromatic carbocycles. The maximum Gasteiger partial charge on any atom is 0.262 e. The van der Waals surface area contributed by atoms with Gasteiger partial charge in [-0.25, -0.2) is 9.40 Å². The molecule has 2 amide bonds. The van der Waals surface area contributed by atoms with Gasteiger partial charge in [-0.1, -0.05) is 12.1 Å². The predicted molar refractivity (Wildman–Crippen MR) is 147 cm³/mol. The van der Waals surface area contributed by atoms with E-state index in [1.807, 2.05) is 6.07 Å². The van der Waals surface area contributed by atoms with Crippen LogP contribution in [0.4, 0.5) is 4.39 Å². The Morgan fingerprint density at radius 1 is 0.925 bits per heavy atom. The van der Waals surface area contributed by atoms with Gasteiger partial charge < -0.3 is 23.8 Å². The van der Waals surface area contributed by atoms with Crippen LogP contribution in [-0.4, -0.2) is 75.6 Å². The molecular formula is C30H32FN3O6. The van der Waals surface area contributed by atoms with Crippen molar-refractivity contribution < 1.29 is 32.9 Å². The van der Waals surface area contributed by atoms with Crippen LogP contribution in [0.25, 0.3) is 0 Å². The Labute approximate surface area is 232 Å². The van der Waals surface area contributed by atoms with Crippen molar-refractivity contribution in [1.82, 2.24) is 9.91 Å². The van der Waals surface area contributed by atoms with Crippen LogP contribution in [0.2, 0.25) is 0 Å². The summed E-state index contributed by atoms with van der Waals surface area (Å²) < 4.78 is 35.0. The second-order valence-electron chi connectivity index (χ2n) is 9.07. The van der Waals surface area contributed by atoms with E-state index in [0.29, 0.717) is 46.1 Å². The molecule has 0 saturated carbocycles. The fraction of sp³-hybridized carbons (Fsp3) is 0.300. The van der Waals surface area contributed by atoms with Gasteiger partial charge in [-0.15, -0.1) is 0 Å². The summed E-state index contributed by atoms with van der Waals surface area (Å²) in [7, 11) is 6.19. The molecule has 1 aliphatic heterocycles. The molecule has 3 aromatic rings. The molecule has 1 atom stereocenters. The monoisotopic (exact) mass is 549 g/mol. The Bertz CT molecular complexity index is 1360. The molecule has 210 valence electrons. The normalized spacial score (nSPS) is 14.5. The summed E-state index contributed by atoms with van der Waals surface area (Å²) >= 11 is 0. The maximum atomic E-state index is 13.8. The largest absolute Gasteiger partial charge is 0.497 e. The van der Waals surface area contributed by atoms with Gasteiger partial charge in [-0.05, 0) is 54.1 Å². The molecular weight excluding hydrogens is 517 g/mol. The van der Waals surface area contributed by atoms with Crippen molar-refractivity contribution in [3.05, 3.63) is 89.2 Å². The highest BCUT2D eigenvalue weighted by molar-refractivity contribution is 6.05. The summed E-state index contributed by atoms with van der Waals surface area (Å²) in [5.74, 6) is 0.676. The van der Waals surface area contributed by atoms with E-state index in [2.05, 4.69) is 0 Å². The molecule has 10 heteroatoms. The second kappa shape index (κ2) is 13.1. The number of carbonyl (C=O) groups excluding carboxylic acids is 2. The minimum Gasteiger partial charge on any atom is -0.497 e. The first-order valence-electron chi connectivity index (χ1n) is 12.7. The number of ether oxygens (including phenoxy) is 4. The van der Waals surface area contributed by atoms with E-state index in [1.165, 1.54) is 29.2 Å². The number of hydrogen-bond donors (Lipinski definition) is 0. The van der Waals surface area contributed by atoms with E-state index in [0.717, 1.165) is 0 Å². The second-order valence-corrected chi connectivity index (χ2v) is 9.07. The Kier molecular flexibility index (Phi) is 9.34. The average Bonchev–Trinajstić information content (AvgIpc) is 3.44. The zero-order valence-corrected chi connectivity index (χ0v) is 22.9. The van der Waals surface area contributed by atoms with Crippen LogP contribution >= 0.6 is 0 Å². The van der Waals surface area contributed by atoms with E-state index in [1.54, 1.807) is 69.9 Å². The zero-order chi connectivity index (χ0) is 28.6. The molecule has 40 heavy (non-hydrogen) atoms. The van der Waals surface area contributed by atoms with E-state index in [-0.39, 0.29) is 31.4 Å². The molecule has 0 N–H and O–H groups in total. The number of halogens is 1. The van der Waals surface area contributed by atoms with Crippen molar-refractivity contribution in [2.24, 2.45) is 5.10 Å². The summed E-state index contributed by atoms with van der Waals surface area (Å²) in [6.45, 7) is 0.210. The third kappa shape index (κ3) is 6.40. The van der Waals surface area contributed by atoms with Crippen LogP contribution in [0.15, 0.2) is 71.8 Å². The molecule has 0 unspecified atom stereocenters. The number of carbonyl (C=O) groups is 2. The Morgan fingerprint density at radius 3 is 2.23 bits per heavy atom. The van der Waals surface area contributed by atoms with Crippen molar-refractivity contribution in [3.8, 4) is 17.2 Å². The topological polar surface area (TPSA) is 89.9 Å². The van der Waals surface area contributed by atoms with E-state index < -0.39 is 11.9 Å². The summed E-state index contributed by atoms with van der Waals surface area (Å²) in [5.41, 5.74) is 2.45. The molecule has 0 bridgehead atoms. The van der Waals surface area contributed by atoms with Crippen LogP contribution in [0.1, 0.15) is 33.9 Å². The fourth-order valence-corrected chi connectivity index (χ4v) is 4.49. The molecule has 1 aliphatic rings. The lowest BCUT2D eigenvalue weighted by molar-refractivity contribution is -0.133. The molecule has 0 radical (unpaired) electrons. The lowest BCUT2D eigenvalue weighted by Crippen LogP contribution is -2.42. The van der Waals surface area contributed by atoms with Crippen LogP contribution < -0.4 is 14.2 Å². The minimum atomic E-state index is -0.504. The highest BCUT2D eigenvalue weighted by atomic mass is 19.1.